The van der Waals surface area contributed by atoms with E-state index in [2.05, 4.69) is 9.97 Å². The van der Waals surface area contributed by atoms with Crippen LogP contribution in [0.3, 0.4) is 0 Å². The first-order valence-electron chi connectivity index (χ1n) is 5.32. The van der Waals surface area contributed by atoms with Crippen LogP contribution in [0.1, 0.15) is 5.56 Å². The maximum absolute atomic E-state index is 12.8. The highest BCUT2D eigenvalue weighted by Crippen LogP contribution is 2.14. The van der Waals surface area contributed by atoms with E-state index >= 15 is 0 Å². The van der Waals surface area contributed by atoms with Crippen molar-refractivity contribution in [1.29, 1.82) is 0 Å². The Kier molecular flexibility index (Phi) is 3.68. The van der Waals surface area contributed by atoms with Crippen LogP contribution >= 0.6 is 0 Å². The van der Waals surface area contributed by atoms with Gasteiger partial charge in [0.15, 0.2) is 0 Å². The monoisotopic (exact) mass is 271 g/mol. The van der Waals surface area contributed by atoms with E-state index < -0.39 is 18.3 Å². The highest BCUT2D eigenvalue weighted by molar-refractivity contribution is 6.73. The Morgan fingerprint density at radius 2 is 1.74 bits per heavy atom. The number of pyridine rings is 2. The van der Waals surface area contributed by atoms with Crippen molar-refractivity contribution >= 4 is 12.4 Å². The van der Waals surface area contributed by atoms with E-state index in [1.807, 2.05) is 0 Å². The van der Waals surface area contributed by atoms with E-state index in [-0.39, 0.29) is 12.4 Å². The average molecular weight is 271 g/mol. The normalized spacial score (nSPS) is 11.4. The highest BCUT2D eigenvalue weighted by atomic mass is 19.4. The molecule has 100 valence electrons. The predicted molar refractivity (Wildman–Crippen MR) is 61.5 cm³/mol. The maximum Gasteiger partial charge on any atom is 0.511 e. The molecule has 2 heterocycles. The predicted octanol–water partition coefficient (Wildman–Crippen LogP) is 2.25. The Morgan fingerprint density at radius 3 is 2.42 bits per heavy atom. The molecule has 0 saturated carbocycles. The van der Waals surface area contributed by atoms with Crippen LogP contribution in [-0.4, -0.2) is 16.9 Å². The molecule has 0 amide bonds. The molecule has 0 atom stereocenters. The number of ether oxygens (including phenoxy) is 1. The third-order valence-corrected chi connectivity index (χ3v) is 2.28. The molecule has 0 bridgehead atoms. The van der Waals surface area contributed by atoms with Gasteiger partial charge in [-0.2, -0.15) is 0 Å². The zero-order valence-corrected chi connectivity index (χ0v) is 9.56. The van der Waals surface area contributed by atoms with Gasteiger partial charge in [-0.25, -0.2) is 4.39 Å². The molecule has 0 aliphatic carbocycles. The Hall–Kier alpha value is -2.12. The van der Waals surface area contributed by atoms with Crippen molar-refractivity contribution in [2.24, 2.45) is 0 Å². The lowest BCUT2D eigenvalue weighted by Gasteiger charge is -2.15. The number of aromatic nitrogens is 2. The van der Waals surface area contributed by atoms with Crippen LogP contribution in [0.2, 0.25) is 0 Å². The van der Waals surface area contributed by atoms with Crippen LogP contribution in [0.5, 0.6) is 5.75 Å². The summed E-state index contributed by atoms with van der Waals surface area (Å²) in [6, 6.07) is 2.05. The van der Waals surface area contributed by atoms with Gasteiger partial charge in [-0.1, -0.05) is 5.46 Å². The number of rotatable bonds is 4. The van der Waals surface area contributed by atoms with Crippen LogP contribution in [0, 0.1) is 5.82 Å². The second-order valence-electron chi connectivity index (χ2n) is 3.83. The zero-order valence-electron chi connectivity index (χ0n) is 9.56. The van der Waals surface area contributed by atoms with Crippen LogP contribution in [-0.2, 0) is 6.61 Å². The quantitative estimate of drug-likeness (QED) is 0.632. The minimum atomic E-state index is -5.12. The Bertz CT molecular complexity index is 577. The van der Waals surface area contributed by atoms with Gasteiger partial charge < -0.3 is 17.7 Å². The van der Waals surface area contributed by atoms with E-state index in [9.17, 15) is 17.3 Å². The molecule has 0 spiro atoms. The van der Waals surface area contributed by atoms with Crippen molar-refractivity contribution < 1.29 is 22.1 Å². The number of halogens is 4. The van der Waals surface area contributed by atoms with Crippen molar-refractivity contribution in [1.82, 2.24) is 9.97 Å². The molecule has 3 nitrogen and oxygen atoms in total. The summed E-state index contributed by atoms with van der Waals surface area (Å²) < 4.78 is 55.4. The van der Waals surface area contributed by atoms with E-state index in [1.54, 1.807) is 0 Å². The van der Waals surface area contributed by atoms with Crippen molar-refractivity contribution in [3.05, 3.63) is 48.3 Å². The summed E-state index contributed by atoms with van der Waals surface area (Å²) in [6.07, 6.45) is 4.29. The summed E-state index contributed by atoms with van der Waals surface area (Å²) in [5.41, 5.74) is -0.419. The molecule has 2 aromatic heterocycles. The van der Waals surface area contributed by atoms with Crippen LogP contribution in [0.4, 0.5) is 17.3 Å². The van der Waals surface area contributed by atoms with Gasteiger partial charge in [0.05, 0.1) is 12.4 Å². The lowest BCUT2D eigenvalue weighted by Crippen LogP contribution is -2.34. The topological polar surface area (TPSA) is 35.0 Å². The van der Waals surface area contributed by atoms with Gasteiger partial charge in [0.1, 0.15) is 18.2 Å². The second-order valence-corrected chi connectivity index (χ2v) is 3.83. The molecule has 0 aliphatic rings. The standard InChI is InChI=1S/C11H8BF4N2O/c13-10-1-8(3-17-5-10)7-19-11-2-9(4-18-6-11)12(14,15)16/h1-6H,7H2/q-1. The molecular weight excluding hydrogens is 263 g/mol. The third kappa shape index (κ3) is 3.67. The van der Waals surface area contributed by atoms with E-state index in [0.29, 0.717) is 5.56 Å². The summed E-state index contributed by atoms with van der Waals surface area (Å²) in [7, 11) is 0. The van der Waals surface area contributed by atoms with Crippen LogP contribution in [0.25, 0.3) is 0 Å². The first kappa shape index (κ1) is 13.3. The average Bonchev–Trinajstić information content (AvgIpc) is 2.36. The summed E-state index contributed by atoms with van der Waals surface area (Å²) in [4.78, 5) is 7.07. The van der Waals surface area contributed by atoms with Gasteiger partial charge >= 0.3 is 6.98 Å². The first-order valence-corrected chi connectivity index (χ1v) is 5.32. The molecule has 2 rings (SSSR count). The maximum atomic E-state index is 12.8. The fraction of sp³-hybridized carbons (Fsp3) is 0.0909. The number of hydrogen-bond acceptors (Lipinski definition) is 3. The molecule has 0 fully saturated rings. The van der Waals surface area contributed by atoms with Gasteiger partial charge in [0, 0.05) is 18.0 Å². The van der Waals surface area contributed by atoms with Gasteiger partial charge in [0.25, 0.3) is 0 Å². The van der Waals surface area contributed by atoms with E-state index in [0.717, 1.165) is 24.7 Å². The first-order chi connectivity index (χ1) is 8.95. The van der Waals surface area contributed by atoms with Crippen LogP contribution < -0.4 is 10.2 Å². The largest absolute Gasteiger partial charge is 0.511 e. The molecule has 0 radical (unpaired) electrons. The van der Waals surface area contributed by atoms with Crippen LogP contribution in [0.15, 0.2) is 36.9 Å². The molecule has 0 unspecified atom stereocenters. The lowest BCUT2D eigenvalue weighted by atomic mass is 9.81. The number of hydrogen-bond donors (Lipinski definition) is 0. The fourth-order valence-corrected chi connectivity index (χ4v) is 1.39. The summed E-state index contributed by atoms with van der Waals surface area (Å²) in [5, 5.41) is 0. The summed E-state index contributed by atoms with van der Waals surface area (Å²) in [6.45, 7) is -5.20. The molecule has 19 heavy (non-hydrogen) atoms. The lowest BCUT2D eigenvalue weighted by molar-refractivity contribution is 0.304. The minimum absolute atomic E-state index is 0.0269. The molecule has 8 heteroatoms. The Morgan fingerprint density at radius 1 is 1.00 bits per heavy atom. The second kappa shape index (κ2) is 5.25. The molecular formula is C11H8BF4N2O-. The van der Waals surface area contributed by atoms with Gasteiger partial charge in [-0.15, -0.1) is 0 Å². The molecule has 0 saturated heterocycles. The zero-order chi connectivity index (χ0) is 13.9. The molecule has 0 aliphatic heterocycles. The minimum Gasteiger partial charge on any atom is -0.487 e. The van der Waals surface area contributed by atoms with E-state index in [1.165, 1.54) is 12.3 Å². The summed E-state index contributed by atoms with van der Waals surface area (Å²) >= 11 is 0. The van der Waals surface area contributed by atoms with Crippen molar-refractivity contribution in [2.45, 2.75) is 6.61 Å². The summed E-state index contributed by atoms with van der Waals surface area (Å²) in [5.74, 6) is -0.562. The Balaban J connectivity index is 2.08. The van der Waals surface area contributed by atoms with Gasteiger partial charge in [-0.3, -0.25) is 9.97 Å². The Labute approximate surface area is 106 Å². The smallest absolute Gasteiger partial charge is 0.487 e. The molecule has 2 aromatic rings. The van der Waals surface area contributed by atoms with E-state index in [4.69, 9.17) is 4.74 Å². The fourth-order valence-electron chi connectivity index (χ4n) is 1.39. The number of nitrogens with zero attached hydrogens (tertiary/aromatic N) is 2. The molecule has 0 aromatic carbocycles. The van der Waals surface area contributed by atoms with Crippen molar-refractivity contribution in [2.75, 3.05) is 0 Å². The van der Waals surface area contributed by atoms with Gasteiger partial charge in [-0.05, 0) is 12.1 Å². The molecule has 0 N–H and O–H groups in total. The third-order valence-electron chi connectivity index (χ3n) is 2.28. The van der Waals surface area contributed by atoms with Crippen molar-refractivity contribution in [3.63, 3.8) is 0 Å². The SMILES string of the molecule is Fc1cncc(COc2cncc([B-](F)(F)F)c2)c1. The highest BCUT2D eigenvalue weighted by Gasteiger charge is 2.26. The van der Waals surface area contributed by atoms with Crippen molar-refractivity contribution in [3.8, 4) is 5.75 Å². The van der Waals surface area contributed by atoms with Gasteiger partial charge in [0.2, 0.25) is 0 Å².